The number of hydrogen-bond acceptors (Lipinski definition) is 5. The Balaban J connectivity index is 1.49. The molecule has 0 atom stereocenters. The van der Waals surface area contributed by atoms with E-state index in [1.54, 1.807) is 17.4 Å². The number of rotatable bonds is 5. The van der Waals surface area contributed by atoms with E-state index >= 15 is 0 Å². The maximum atomic E-state index is 12.5. The molecule has 6 heteroatoms. The summed E-state index contributed by atoms with van der Waals surface area (Å²) in [5, 5.41) is 12.0. The molecule has 3 rings (SSSR count). The zero-order chi connectivity index (χ0) is 17.8. The molecule has 1 saturated heterocycles. The summed E-state index contributed by atoms with van der Waals surface area (Å²) in [5.74, 6) is 0.474. The zero-order valence-electron chi connectivity index (χ0n) is 14.8. The molecule has 134 valence electrons. The molecule has 1 amide bonds. The lowest BCUT2D eigenvalue weighted by Gasteiger charge is -2.36. The molecule has 0 aliphatic carbocycles. The Bertz CT molecular complexity index is 723. The van der Waals surface area contributed by atoms with Gasteiger partial charge in [0.15, 0.2) is 0 Å². The molecular formula is C19H25N3O2S. The van der Waals surface area contributed by atoms with E-state index in [1.807, 2.05) is 30.1 Å². The number of phenolic OH excluding ortho intramolecular Hbond substituents is 1. The Morgan fingerprint density at radius 2 is 1.92 bits per heavy atom. The van der Waals surface area contributed by atoms with Gasteiger partial charge >= 0.3 is 0 Å². The zero-order valence-corrected chi connectivity index (χ0v) is 15.6. The predicted octanol–water partition coefficient (Wildman–Crippen LogP) is 2.54. The molecule has 0 unspecified atom stereocenters. The largest absolute Gasteiger partial charge is 0.506 e. The molecule has 5 nitrogen and oxygen atoms in total. The number of phenols is 1. The molecule has 0 bridgehead atoms. The van der Waals surface area contributed by atoms with E-state index < -0.39 is 0 Å². The van der Waals surface area contributed by atoms with E-state index in [9.17, 15) is 9.90 Å². The third-order valence-corrected chi connectivity index (χ3v) is 5.74. The van der Waals surface area contributed by atoms with Crippen molar-refractivity contribution >= 4 is 22.9 Å². The number of piperazine rings is 1. The Hall–Kier alpha value is -2.05. The molecule has 25 heavy (non-hydrogen) atoms. The van der Waals surface area contributed by atoms with Gasteiger partial charge in [0.2, 0.25) is 5.91 Å². The van der Waals surface area contributed by atoms with Gasteiger partial charge in [-0.05, 0) is 36.1 Å². The number of hydrogen-bond donors (Lipinski definition) is 1. The van der Waals surface area contributed by atoms with Gasteiger partial charge in [0, 0.05) is 38.1 Å². The van der Waals surface area contributed by atoms with Crippen molar-refractivity contribution in [1.29, 1.82) is 0 Å². The Morgan fingerprint density at radius 3 is 2.56 bits per heavy atom. The van der Waals surface area contributed by atoms with Gasteiger partial charge in [-0.25, -0.2) is 0 Å². The molecule has 0 saturated carbocycles. The van der Waals surface area contributed by atoms with E-state index in [1.165, 1.54) is 10.4 Å². The van der Waals surface area contributed by atoms with Gasteiger partial charge < -0.3 is 14.9 Å². The lowest BCUT2D eigenvalue weighted by Crippen LogP contribution is -2.49. The fraction of sp³-hybridized carbons (Fsp3) is 0.421. The van der Waals surface area contributed by atoms with Crippen LogP contribution in [0.1, 0.15) is 10.4 Å². The van der Waals surface area contributed by atoms with Crippen LogP contribution >= 0.6 is 11.3 Å². The van der Waals surface area contributed by atoms with Crippen LogP contribution in [-0.2, 0) is 11.3 Å². The first kappa shape index (κ1) is 17.8. The Kier molecular flexibility index (Phi) is 5.60. The number of para-hydroxylation sites is 2. The molecule has 0 spiro atoms. The number of carbonyl (C=O) groups is 1. The van der Waals surface area contributed by atoms with Gasteiger partial charge in [0.1, 0.15) is 5.75 Å². The van der Waals surface area contributed by atoms with Gasteiger partial charge in [-0.2, -0.15) is 0 Å². The topological polar surface area (TPSA) is 47.0 Å². The summed E-state index contributed by atoms with van der Waals surface area (Å²) in [6.07, 6.45) is 0. The molecule has 1 aliphatic heterocycles. The monoisotopic (exact) mass is 359 g/mol. The summed E-state index contributed by atoms with van der Waals surface area (Å²) in [4.78, 5) is 19.9. The molecule has 1 N–H and O–H groups in total. The molecular weight excluding hydrogens is 334 g/mol. The Labute approximate surface area is 153 Å². The lowest BCUT2D eigenvalue weighted by atomic mass is 10.2. The summed E-state index contributed by atoms with van der Waals surface area (Å²) in [6, 6.07) is 9.52. The highest BCUT2D eigenvalue weighted by Gasteiger charge is 2.22. The number of likely N-dealkylation sites (N-methyl/N-ethyl adjacent to an activating group) is 1. The van der Waals surface area contributed by atoms with Crippen LogP contribution in [0, 0.1) is 6.92 Å². The minimum absolute atomic E-state index is 0.156. The minimum Gasteiger partial charge on any atom is -0.506 e. The van der Waals surface area contributed by atoms with Crippen LogP contribution in [0.5, 0.6) is 5.75 Å². The van der Waals surface area contributed by atoms with Crippen LogP contribution in [0.2, 0.25) is 0 Å². The van der Waals surface area contributed by atoms with Gasteiger partial charge in [-0.1, -0.05) is 12.1 Å². The van der Waals surface area contributed by atoms with Crippen molar-refractivity contribution in [2.75, 3.05) is 44.7 Å². The van der Waals surface area contributed by atoms with Crippen molar-refractivity contribution in [3.05, 3.63) is 46.2 Å². The van der Waals surface area contributed by atoms with Gasteiger partial charge in [-0.3, -0.25) is 9.69 Å². The second-order valence-corrected chi connectivity index (χ2v) is 7.53. The third-order valence-electron chi connectivity index (χ3n) is 4.73. The van der Waals surface area contributed by atoms with E-state index in [2.05, 4.69) is 28.2 Å². The summed E-state index contributed by atoms with van der Waals surface area (Å²) in [5.41, 5.74) is 2.12. The number of aromatic hydroxyl groups is 1. The standard InChI is InChI=1S/C19H25N3O2S/c1-15-7-12-25-18(15)13-20(2)19(24)14-21-8-10-22(11-9-21)16-5-3-4-6-17(16)23/h3-7,12,23H,8-11,13-14H2,1-2H3. The molecule has 1 fully saturated rings. The minimum atomic E-state index is 0.156. The average molecular weight is 359 g/mol. The van der Waals surface area contributed by atoms with Gasteiger partial charge in [0.25, 0.3) is 0 Å². The van der Waals surface area contributed by atoms with Crippen LogP contribution in [0.3, 0.4) is 0 Å². The van der Waals surface area contributed by atoms with Crippen LogP contribution in [0.15, 0.2) is 35.7 Å². The predicted molar refractivity (Wildman–Crippen MR) is 102 cm³/mol. The van der Waals surface area contributed by atoms with Crippen molar-refractivity contribution in [3.8, 4) is 5.75 Å². The second kappa shape index (κ2) is 7.89. The van der Waals surface area contributed by atoms with Crippen molar-refractivity contribution in [1.82, 2.24) is 9.80 Å². The van der Waals surface area contributed by atoms with E-state index in [-0.39, 0.29) is 5.91 Å². The van der Waals surface area contributed by atoms with Crippen LogP contribution in [0.4, 0.5) is 5.69 Å². The third kappa shape index (κ3) is 4.32. The molecule has 2 aromatic rings. The number of carbonyl (C=O) groups excluding carboxylic acids is 1. The number of thiophene rings is 1. The maximum absolute atomic E-state index is 12.5. The van der Waals surface area contributed by atoms with E-state index in [4.69, 9.17) is 0 Å². The van der Waals surface area contributed by atoms with Crippen LogP contribution in [-0.4, -0.2) is 60.6 Å². The molecule has 0 radical (unpaired) electrons. The molecule has 1 aliphatic rings. The van der Waals surface area contributed by atoms with Crippen molar-refractivity contribution in [3.63, 3.8) is 0 Å². The first-order valence-electron chi connectivity index (χ1n) is 8.57. The van der Waals surface area contributed by atoms with Gasteiger partial charge in [0.05, 0.1) is 18.8 Å². The number of benzene rings is 1. The number of amides is 1. The molecule has 1 aromatic carbocycles. The van der Waals surface area contributed by atoms with Gasteiger partial charge in [-0.15, -0.1) is 11.3 Å². The lowest BCUT2D eigenvalue weighted by molar-refractivity contribution is -0.131. The smallest absolute Gasteiger partial charge is 0.236 e. The highest BCUT2D eigenvalue weighted by atomic mass is 32.1. The van der Waals surface area contributed by atoms with Crippen molar-refractivity contribution in [2.45, 2.75) is 13.5 Å². The fourth-order valence-corrected chi connectivity index (χ4v) is 4.02. The second-order valence-electron chi connectivity index (χ2n) is 6.53. The number of nitrogens with zero attached hydrogens (tertiary/aromatic N) is 3. The SMILES string of the molecule is Cc1ccsc1CN(C)C(=O)CN1CCN(c2ccccc2O)CC1. The van der Waals surface area contributed by atoms with Crippen LogP contribution < -0.4 is 4.90 Å². The average Bonchev–Trinajstić information content (AvgIpc) is 3.01. The maximum Gasteiger partial charge on any atom is 0.236 e. The van der Waals surface area contributed by atoms with E-state index in [0.29, 0.717) is 18.8 Å². The van der Waals surface area contributed by atoms with Crippen molar-refractivity contribution in [2.24, 2.45) is 0 Å². The summed E-state index contributed by atoms with van der Waals surface area (Å²) in [7, 11) is 1.87. The first-order chi connectivity index (χ1) is 12.0. The number of aryl methyl sites for hydroxylation is 1. The molecule has 2 heterocycles. The Morgan fingerprint density at radius 1 is 1.20 bits per heavy atom. The van der Waals surface area contributed by atoms with Crippen LogP contribution in [0.25, 0.3) is 0 Å². The normalized spacial score (nSPS) is 15.4. The van der Waals surface area contributed by atoms with E-state index in [0.717, 1.165) is 31.9 Å². The highest BCUT2D eigenvalue weighted by Crippen LogP contribution is 2.27. The quantitative estimate of drug-likeness (QED) is 0.891. The fourth-order valence-electron chi connectivity index (χ4n) is 3.06. The first-order valence-corrected chi connectivity index (χ1v) is 9.45. The molecule has 1 aromatic heterocycles. The highest BCUT2D eigenvalue weighted by molar-refractivity contribution is 7.10. The summed E-state index contributed by atoms with van der Waals surface area (Å²) >= 11 is 1.70. The van der Waals surface area contributed by atoms with Crippen molar-refractivity contribution < 1.29 is 9.90 Å². The summed E-state index contributed by atoms with van der Waals surface area (Å²) in [6.45, 7) is 6.51. The number of anilines is 1. The summed E-state index contributed by atoms with van der Waals surface area (Å²) < 4.78 is 0.